The minimum atomic E-state index is -3.03. The highest BCUT2D eigenvalue weighted by molar-refractivity contribution is 5.93. The molecule has 8 heteroatoms. The molecule has 0 bridgehead atoms. The molecule has 0 aliphatic heterocycles. The molecule has 0 aromatic heterocycles. The van der Waals surface area contributed by atoms with Gasteiger partial charge in [-0.15, -0.1) is 0 Å². The summed E-state index contributed by atoms with van der Waals surface area (Å²) in [7, 11) is 1.26. The number of nitrogens with one attached hydrogen (secondary N) is 1. The number of methoxy groups -OCH3 is 1. The van der Waals surface area contributed by atoms with Crippen LogP contribution in [0.1, 0.15) is 34.9 Å². The molecule has 0 spiro atoms. The molecule has 0 heterocycles. The van der Waals surface area contributed by atoms with Crippen molar-refractivity contribution < 1.29 is 32.6 Å². The molecule has 6 nitrogen and oxygen atoms in total. The SMILES string of the molecule is COc1cc(C(=O)O[C@@H](C(=O)NC2CC2)c2ccccc2)ccc1OC(F)F. The van der Waals surface area contributed by atoms with E-state index in [0.29, 0.717) is 5.56 Å². The van der Waals surface area contributed by atoms with Crippen molar-refractivity contribution in [3.05, 3.63) is 59.7 Å². The van der Waals surface area contributed by atoms with E-state index in [2.05, 4.69) is 10.1 Å². The van der Waals surface area contributed by atoms with Gasteiger partial charge in [-0.05, 0) is 31.0 Å². The third-order valence-electron chi connectivity index (χ3n) is 4.10. The van der Waals surface area contributed by atoms with Crippen molar-refractivity contribution >= 4 is 11.9 Å². The molecule has 1 saturated carbocycles. The molecule has 2 aromatic carbocycles. The van der Waals surface area contributed by atoms with Crippen LogP contribution in [0.25, 0.3) is 0 Å². The fraction of sp³-hybridized carbons (Fsp3) is 0.300. The minimum Gasteiger partial charge on any atom is -0.493 e. The van der Waals surface area contributed by atoms with Crippen LogP contribution >= 0.6 is 0 Å². The molecule has 1 fully saturated rings. The van der Waals surface area contributed by atoms with Gasteiger partial charge in [-0.1, -0.05) is 30.3 Å². The van der Waals surface area contributed by atoms with Gasteiger partial charge in [0, 0.05) is 11.6 Å². The normalized spacial score (nSPS) is 14.3. The topological polar surface area (TPSA) is 73.9 Å². The standard InChI is InChI=1S/C20H19F2NO5/c1-26-16-11-13(7-10-15(16)27-20(21)22)19(25)28-17(12-5-3-2-4-6-12)18(24)23-14-8-9-14/h2-7,10-11,14,17,20H,8-9H2,1H3,(H,23,24)/t17-/m1/s1. The highest BCUT2D eigenvalue weighted by Gasteiger charge is 2.31. The minimum absolute atomic E-state index is 0.0404. The van der Waals surface area contributed by atoms with E-state index in [0.717, 1.165) is 12.8 Å². The molecule has 1 aliphatic rings. The van der Waals surface area contributed by atoms with E-state index in [-0.39, 0.29) is 23.1 Å². The van der Waals surface area contributed by atoms with Crippen LogP contribution in [0.3, 0.4) is 0 Å². The Balaban J connectivity index is 1.80. The predicted octanol–water partition coefficient (Wildman–Crippen LogP) is 3.47. The highest BCUT2D eigenvalue weighted by Crippen LogP contribution is 2.31. The first kappa shape index (κ1) is 19.6. The van der Waals surface area contributed by atoms with Crippen molar-refractivity contribution in [2.75, 3.05) is 7.11 Å². The maximum Gasteiger partial charge on any atom is 0.387 e. The summed E-state index contributed by atoms with van der Waals surface area (Å²) in [5, 5.41) is 2.82. The lowest BCUT2D eigenvalue weighted by molar-refractivity contribution is -0.130. The summed E-state index contributed by atoms with van der Waals surface area (Å²) in [6.45, 7) is -3.03. The summed E-state index contributed by atoms with van der Waals surface area (Å²) in [5.74, 6) is -1.46. The van der Waals surface area contributed by atoms with Gasteiger partial charge in [-0.25, -0.2) is 4.79 Å². The van der Waals surface area contributed by atoms with Crippen LogP contribution in [-0.4, -0.2) is 31.6 Å². The third-order valence-corrected chi connectivity index (χ3v) is 4.10. The number of rotatable bonds is 8. The smallest absolute Gasteiger partial charge is 0.387 e. The van der Waals surface area contributed by atoms with E-state index in [9.17, 15) is 18.4 Å². The highest BCUT2D eigenvalue weighted by atomic mass is 19.3. The summed E-state index contributed by atoms with van der Waals surface area (Å²) in [5.41, 5.74) is 0.567. The Morgan fingerprint density at radius 2 is 1.79 bits per heavy atom. The number of esters is 1. The molecule has 0 saturated heterocycles. The number of hydrogen-bond acceptors (Lipinski definition) is 5. The van der Waals surface area contributed by atoms with Crippen LogP contribution in [0.5, 0.6) is 11.5 Å². The number of benzene rings is 2. The van der Waals surface area contributed by atoms with Gasteiger partial charge in [0.1, 0.15) is 0 Å². The molecule has 3 rings (SSSR count). The second-order valence-electron chi connectivity index (χ2n) is 6.22. The summed E-state index contributed by atoms with van der Waals surface area (Å²) in [4.78, 5) is 25.1. The molecule has 1 N–H and O–H groups in total. The zero-order chi connectivity index (χ0) is 20.1. The number of halogens is 2. The van der Waals surface area contributed by atoms with Crippen molar-refractivity contribution in [1.82, 2.24) is 5.32 Å². The maximum atomic E-state index is 12.6. The van der Waals surface area contributed by atoms with Gasteiger partial charge in [0.2, 0.25) is 6.10 Å². The van der Waals surface area contributed by atoms with Gasteiger partial charge in [-0.2, -0.15) is 8.78 Å². The summed E-state index contributed by atoms with van der Waals surface area (Å²) in [6, 6.07) is 12.4. The lowest BCUT2D eigenvalue weighted by atomic mass is 10.1. The van der Waals surface area contributed by atoms with Gasteiger partial charge in [0.15, 0.2) is 11.5 Å². The molecule has 28 heavy (non-hydrogen) atoms. The van der Waals surface area contributed by atoms with Crippen LogP contribution < -0.4 is 14.8 Å². The second-order valence-corrected chi connectivity index (χ2v) is 6.22. The molecule has 2 aromatic rings. The van der Waals surface area contributed by atoms with Gasteiger partial charge in [0.05, 0.1) is 12.7 Å². The number of alkyl halides is 2. The molecule has 0 unspecified atom stereocenters. The van der Waals surface area contributed by atoms with E-state index in [1.54, 1.807) is 30.3 Å². The number of carbonyl (C=O) groups is 2. The Hall–Kier alpha value is -3.16. The van der Waals surface area contributed by atoms with Crippen LogP contribution in [0.4, 0.5) is 8.78 Å². The second kappa shape index (κ2) is 8.69. The quantitative estimate of drug-likeness (QED) is 0.698. The van der Waals surface area contributed by atoms with Gasteiger partial charge in [0.25, 0.3) is 5.91 Å². The van der Waals surface area contributed by atoms with E-state index in [1.807, 2.05) is 0 Å². The van der Waals surface area contributed by atoms with E-state index in [4.69, 9.17) is 9.47 Å². The van der Waals surface area contributed by atoms with Crippen LogP contribution in [0.15, 0.2) is 48.5 Å². The average Bonchev–Trinajstić information content (AvgIpc) is 3.50. The summed E-state index contributed by atoms with van der Waals surface area (Å²) >= 11 is 0. The monoisotopic (exact) mass is 391 g/mol. The van der Waals surface area contributed by atoms with Crippen molar-refractivity contribution in [1.29, 1.82) is 0 Å². The van der Waals surface area contributed by atoms with Crippen LogP contribution in [0, 0.1) is 0 Å². The van der Waals surface area contributed by atoms with Crippen LogP contribution in [-0.2, 0) is 9.53 Å². The number of ether oxygens (including phenoxy) is 3. The first-order valence-corrected chi connectivity index (χ1v) is 8.67. The largest absolute Gasteiger partial charge is 0.493 e. The summed E-state index contributed by atoms with van der Waals surface area (Å²) in [6.07, 6.45) is 0.658. The Morgan fingerprint density at radius 3 is 2.39 bits per heavy atom. The fourth-order valence-corrected chi connectivity index (χ4v) is 2.57. The van der Waals surface area contributed by atoms with E-state index >= 15 is 0 Å². The predicted molar refractivity (Wildman–Crippen MR) is 95.4 cm³/mol. The fourth-order valence-electron chi connectivity index (χ4n) is 2.57. The molecule has 0 radical (unpaired) electrons. The zero-order valence-electron chi connectivity index (χ0n) is 15.1. The number of amides is 1. The molecule has 1 amide bonds. The third kappa shape index (κ3) is 4.97. The number of carbonyl (C=O) groups excluding carboxylic acids is 2. The van der Waals surface area contributed by atoms with Crippen molar-refractivity contribution in [2.24, 2.45) is 0 Å². The Morgan fingerprint density at radius 1 is 1.07 bits per heavy atom. The van der Waals surface area contributed by atoms with Gasteiger partial charge in [-0.3, -0.25) is 4.79 Å². The average molecular weight is 391 g/mol. The van der Waals surface area contributed by atoms with Crippen LogP contribution in [0.2, 0.25) is 0 Å². The Bertz CT molecular complexity index is 840. The zero-order valence-corrected chi connectivity index (χ0v) is 15.1. The first-order chi connectivity index (χ1) is 13.5. The van der Waals surface area contributed by atoms with Gasteiger partial charge < -0.3 is 19.5 Å². The lowest BCUT2D eigenvalue weighted by Crippen LogP contribution is -2.33. The molecular weight excluding hydrogens is 372 g/mol. The van der Waals surface area contributed by atoms with E-state index < -0.39 is 24.6 Å². The molecule has 148 valence electrons. The molecule has 1 aliphatic carbocycles. The summed E-state index contributed by atoms with van der Waals surface area (Å²) < 4.78 is 39.6. The first-order valence-electron chi connectivity index (χ1n) is 8.67. The number of hydrogen-bond donors (Lipinski definition) is 1. The lowest BCUT2D eigenvalue weighted by Gasteiger charge is -2.18. The Labute approximate surface area is 160 Å². The molecular formula is C20H19F2NO5. The van der Waals surface area contributed by atoms with Crippen molar-refractivity contribution in [3.8, 4) is 11.5 Å². The maximum absolute atomic E-state index is 12.6. The van der Waals surface area contributed by atoms with Crippen molar-refractivity contribution in [3.63, 3.8) is 0 Å². The van der Waals surface area contributed by atoms with Crippen molar-refractivity contribution in [2.45, 2.75) is 31.6 Å². The Kier molecular flexibility index (Phi) is 6.08. The van der Waals surface area contributed by atoms with E-state index in [1.165, 1.54) is 25.3 Å². The van der Waals surface area contributed by atoms with Gasteiger partial charge >= 0.3 is 12.6 Å². The molecule has 1 atom stereocenters.